The summed E-state index contributed by atoms with van der Waals surface area (Å²) in [5, 5.41) is 0. The van der Waals surface area contributed by atoms with Gasteiger partial charge in [-0.1, -0.05) is 26.8 Å². The van der Waals surface area contributed by atoms with Gasteiger partial charge >= 0.3 is 0 Å². The van der Waals surface area contributed by atoms with Crippen LogP contribution in [0.3, 0.4) is 0 Å². The molecule has 84 valence electrons. The third kappa shape index (κ3) is 3.31. The molecule has 0 saturated carbocycles. The fourth-order valence-corrected chi connectivity index (χ4v) is 1.63. The molecule has 1 aromatic heterocycles. The van der Waals surface area contributed by atoms with Gasteiger partial charge in [0.05, 0.1) is 0 Å². The summed E-state index contributed by atoms with van der Waals surface area (Å²) in [6.45, 7) is 6.43. The second-order valence-corrected chi connectivity index (χ2v) is 4.26. The lowest BCUT2D eigenvalue weighted by Crippen LogP contribution is -2.40. The first-order valence-corrected chi connectivity index (χ1v) is 5.86. The zero-order valence-corrected chi connectivity index (χ0v) is 10.1. The molecule has 0 aromatic carbocycles. The van der Waals surface area contributed by atoms with Gasteiger partial charge in [0.2, 0.25) is 0 Å². The maximum absolute atomic E-state index is 6.26. The number of aryl methyl sites for hydroxylation is 1. The molecule has 0 spiro atoms. The molecule has 1 rings (SSSR count). The quantitative estimate of drug-likeness (QED) is 0.804. The number of rotatable bonds is 5. The Kier molecular flexibility index (Phi) is 4.28. The van der Waals surface area contributed by atoms with Gasteiger partial charge in [0.1, 0.15) is 0 Å². The second kappa shape index (κ2) is 5.26. The van der Waals surface area contributed by atoms with Crippen LogP contribution in [0.25, 0.3) is 0 Å². The third-order valence-electron chi connectivity index (χ3n) is 3.24. The zero-order chi connectivity index (χ0) is 11.3. The Hall–Kier alpha value is -0.890. The summed E-state index contributed by atoms with van der Waals surface area (Å²) in [5.74, 6) is 0. The summed E-state index contributed by atoms with van der Waals surface area (Å²) in [5.41, 5.74) is 8.57. The second-order valence-electron chi connectivity index (χ2n) is 4.26. The largest absolute Gasteiger partial charge is 0.325 e. The summed E-state index contributed by atoms with van der Waals surface area (Å²) >= 11 is 0. The van der Waals surface area contributed by atoms with Gasteiger partial charge in [0, 0.05) is 23.9 Å². The highest BCUT2D eigenvalue weighted by molar-refractivity contribution is 5.15. The van der Waals surface area contributed by atoms with Crippen LogP contribution in [0.5, 0.6) is 0 Å². The van der Waals surface area contributed by atoms with Crippen molar-refractivity contribution in [3.8, 4) is 0 Å². The van der Waals surface area contributed by atoms with E-state index in [1.807, 2.05) is 6.20 Å². The van der Waals surface area contributed by atoms with Gasteiger partial charge in [-0.15, -0.1) is 0 Å². The van der Waals surface area contributed by atoms with Crippen LogP contribution in [-0.4, -0.2) is 10.5 Å². The van der Waals surface area contributed by atoms with Crippen LogP contribution < -0.4 is 5.73 Å². The normalized spacial score (nSPS) is 11.7. The smallest absolute Gasteiger partial charge is 0.0422 e. The highest BCUT2D eigenvalue weighted by Crippen LogP contribution is 2.17. The van der Waals surface area contributed by atoms with Crippen LogP contribution in [0.1, 0.15) is 44.9 Å². The lowest BCUT2D eigenvalue weighted by atomic mass is 9.88. The first-order valence-electron chi connectivity index (χ1n) is 5.86. The average Bonchev–Trinajstić information content (AvgIpc) is 2.30. The van der Waals surface area contributed by atoms with Gasteiger partial charge in [0.15, 0.2) is 0 Å². The Balaban J connectivity index is 2.71. The molecule has 15 heavy (non-hydrogen) atoms. The van der Waals surface area contributed by atoms with E-state index in [2.05, 4.69) is 37.9 Å². The van der Waals surface area contributed by atoms with E-state index in [1.54, 1.807) is 0 Å². The molecule has 0 unspecified atom stereocenters. The van der Waals surface area contributed by atoms with Crippen LogP contribution in [-0.2, 0) is 12.8 Å². The van der Waals surface area contributed by atoms with E-state index in [0.717, 1.165) is 31.4 Å². The van der Waals surface area contributed by atoms with Gasteiger partial charge in [-0.3, -0.25) is 4.98 Å². The van der Waals surface area contributed by atoms with E-state index >= 15 is 0 Å². The minimum Gasteiger partial charge on any atom is -0.325 e. The Bertz CT molecular complexity index is 286. The Morgan fingerprint density at radius 3 is 2.27 bits per heavy atom. The molecule has 1 heterocycles. The highest BCUT2D eigenvalue weighted by Gasteiger charge is 2.20. The van der Waals surface area contributed by atoms with E-state index in [0.29, 0.717) is 0 Å². The molecule has 0 saturated heterocycles. The van der Waals surface area contributed by atoms with E-state index in [4.69, 9.17) is 5.73 Å². The summed E-state index contributed by atoms with van der Waals surface area (Å²) in [6.07, 6.45) is 5.88. The number of hydrogen-bond donors (Lipinski definition) is 1. The molecule has 0 aliphatic carbocycles. The molecule has 2 heteroatoms. The van der Waals surface area contributed by atoms with E-state index < -0.39 is 0 Å². The number of pyridine rings is 1. The van der Waals surface area contributed by atoms with Crippen LogP contribution in [0, 0.1) is 0 Å². The molecule has 0 bridgehead atoms. The van der Waals surface area contributed by atoms with Crippen molar-refractivity contribution in [3.63, 3.8) is 0 Å². The fraction of sp³-hybridized carbons (Fsp3) is 0.615. The van der Waals surface area contributed by atoms with Crippen molar-refractivity contribution in [2.45, 2.75) is 52.0 Å². The maximum atomic E-state index is 6.26. The van der Waals surface area contributed by atoms with Crippen molar-refractivity contribution in [3.05, 3.63) is 29.6 Å². The van der Waals surface area contributed by atoms with Gasteiger partial charge in [-0.2, -0.15) is 0 Å². The molecule has 1 aromatic rings. The number of nitrogens with two attached hydrogens (primary N) is 1. The van der Waals surface area contributed by atoms with Gasteiger partial charge < -0.3 is 5.73 Å². The molecule has 0 fully saturated rings. The summed E-state index contributed by atoms with van der Waals surface area (Å²) in [4.78, 5) is 4.45. The van der Waals surface area contributed by atoms with Crippen molar-refractivity contribution in [2.24, 2.45) is 5.73 Å². The van der Waals surface area contributed by atoms with Crippen LogP contribution in [0.2, 0.25) is 0 Å². The minimum absolute atomic E-state index is 0.0826. The Morgan fingerprint density at radius 2 is 1.87 bits per heavy atom. The molecule has 0 aliphatic heterocycles. The van der Waals surface area contributed by atoms with Crippen molar-refractivity contribution in [2.75, 3.05) is 0 Å². The predicted octanol–water partition coefficient (Wildman–Crippen LogP) is 2.70. The van der Waals surface area contributed by atoms with Crippen molar-refractivity contribution >= 4 is 0 Å². The first kappa shape index (κ1) is 12.2. The van der Waals surface area contributed by atoms with E-state index in [-0.39, 0.29) is 5.54 Å². The van der Waals surface area contributed by atoms with Crippen LogP contribution in [0.15, 0.2) is 18.3 Å². The van der Waals surface area contributed by atoms with Gasteiger partial charge in [0.25, 0.3) is 0 Å². The fourth-order valence-electron chi connectivity index (χ4n) is 1.63. The number of hydrogen-bond acceptors (Lipinski definition) is 2. The highest BCUT2D eigenvalue weighted by atomic mass is 14.8. The molecular formula is C13H22N2. The lowest BCUT2D eigenvalue weighted by Gasteiger charge is -2.26. The first-order chi connectivity index (χ1) is 7.13. The maximum Gasteiger partial charge on any atom is 0.0422 e. The Labute approximate surface area is 92.9 Å². The minimum atomic E-state index is -0.0826. The average molecular weight is 206 g/mol. The topological polar surface area (TPSA) is 38.9 Å². The molecule has 2 nitrogen and oxygen atoms in total. The lowest BCUT2D eigenvalue weighted by molar-refractivity contribution is 0.389. The molecule has 0 aliphatic rings. The van der Waals surface area contributed by atoms with Crippen molar-refractivity contribution < 1.29 is 0 Å². The van der Waals surface area contributed by atoms with E-state index in [1.165, 1.54) is 5.56 Å². The molecule has 0 atom stereocenters. The summed E-state index contributed by atoms with van der Waals surface area (Å²) in [7, 11) is 0. The predicted molar refractivity (Wildman–Crippen MR) is 64.8 cm³/mol. The van der Waals surface area contributed by atoms with Crippen LogP contribution in [0.4, 0.5) is 0 Å². The molecular weight excluding hydrogens is 184 g/mol. The zero-order valence-electron chi connectivity index (χ0n) is 10.1. The van der Waals surface area contributed by atoms with E-state index in [9.17, 15) is 0 Å². The third-order valence-corrected chi connectivity index (χ3v) is 3.24. The molecule has 2 N–H and O–H groups in total. The standard InChI is InChI=1S/C13H22N2/c1-4-11-7-8-12(15-10-11)9-13(14,5-2)6-3/h7-8,10H,4-6,9,14H2,1-3H3. The number of nitrogens with zero attached hydrogens (tertiary/aromatic N) is 1. The molecule has 0 amide bonds. The molecule has 0 radical (unpaired) electrons. The van der Waals surface area contributed by atoms with Crippen molar-refractivity contribution in [1.82, 2.24) is 4.98 Å². The van der Waals surface area contributed by atoms with Gasteiger partial charge in [-0.25, -0.2) is 0 Å². The summed E-state index contributed by atoms with van der Waals surface area (Å²) < 4.78 is 0. The monoisotopic (exact) mass is 206 g/mol. The van der Waals surface area contributed by atoms with Crippen molar-refractivity contribution in [1.29, 1.82) is 0 Å². The number of aromatic nitrogens is 1. The Morgan fingerprint density at radius 1 is 1.20 bits per heavy atom. The summed E-state index contributed by atoms with van der Waals surface area (Å²) in [6, 6.07) is 4.25. The SMILES string of the molecule is CCc1ccc(CC(N)(CC)CC)nc1. The van der Waals surface area contributed by atoms with Gasteiger partial charge in [-0.05, 0) is 30.9 Å². The van der Waals surface area contributed by atoms with Crippen LogP contribution >= 0.6 is 0 Å².